The van der Waals surface area contributed by atoms with Gasteiger partial charge in [0.2, 0.25) is 0 Å². The molecule has 0 saturated carbocycles. The SMILES string of the molecule is CCCCCN(CCCCC)c1ccc2c(c1)Oc1cc(C)c(Nc3cccc(C)c3)cc1C21OC(=O)c2ccccc21. The van der Waals surface area contributed by atoms with E-state index in [9.17, 15) is 4.79 Å². The number of aryl methyl sites for hydroxylation is 2. The molecule has 2 aliphatic rings. The van der Waals surface area contributed by atoms with Crippen LogP contribution in [0.3, 0.4) is 0 Å². The number of carbonyl (C=O) groups is 1. The Bertz CT molecular complexity index is 1630. The summed E-state index contributed by atoms with van der Waals surface area (Å²) in [7, 11) is 0. The first-order valence-corrected chi connectivity index (χ1v) is 15.8. The Kier molecular flexibility index (Phi) is 8.16. The molecule has 0 radical (unpaired) electrons. The van der Waals surface area contributed by atoms with E-state index in [4.69, 9.17) is 9.47 Å². The summed E-state index contributed by atoms with van der Waals surface area (Å²) in [6.07, 6.45) is 7.14. The third-order valence-corrected chi connectivity index (χ3v) is 8.77. The van der Waals surface area contributed by atoms with Crippen molar-refractivity contribution in [1.29, 1.82) is 0 Å². The van der Waals surface area contributed by atoms with Crippen molar-refractivity contribution in [2.75, 3.05) is 23.3 Å². The smallest absolute Gasteiger partial charge is 0.340 e. The predicted molar refractivity (Wildman–Crippen MR) is 175 cm³/mol. The first-order chi connectivity index (χ1) is 20.9. The highest BCUT2D eigenvalue weighted by Gasteiger charge is 2.53. The molecule has 1 spiro atoms. The summed E-state index contributed by atoms with van der Waals surface area (Å²) >= 11 is 0. The molecule has 0 aliphatic carbocycles. The lowest BCUT2D eigenvalue weighted by Gasteiger charge is -2.38. The summed E-state index contributed by atoms with van der Waals surface area (Å²) in [5.74, 6) is 1.14. The number of hydrogen-bond donors (Lipinski definition) is 1. The molecular weight excluding hydrogens is 532 g/mol. The Balaban J connectivity index is 1.47. The van der Waals surface area contributed by atoms with E-state index in [1.54, 1.807) is 0 Å². The predicted octanol–water partition coefficient (Wildman–Crippen LogP) is 9.80. The molecule has 2 aliphatic heterocycles. The van der Waals surface area contributed by atoms with Crippen LogP contribution in [0.5, 0.6) is 11.5 Å². The zero-order chi connectivity index (χ0) is 30.0. The van der Waals surface area contributed by atoms with Gasteiger partial charge < -0.3 is 19.7 Å². The zero-order valence-corrected chi connectivity index (χ0v) is 25.8. The average Bonchev–Trinajstić information content (AvgIpc) is 3.30. The van der Waals surface area contributed by atoms with Gasteiger partial charge in [-0.3, -0.25) is 0 Å². The molecule has 6 rings (SSSR count). The van der Waals surface area contributed by atoms with Crippen LogP contribution in [-0.2, 0) is 10.3 Å². The van der Waals surface area contributed by atoms with Gasteiger partial charge in [0.1, 0.15) is 11.5 Å². The maximum atomic E-state index is 13.4. The molecular formula is C38H42N2O3. The quantitative estimate of drug-likeness (QED) is 0.143. The van der Waals surface area contributed by atoms with Gasteiger partial charge in [-0.15, -0.1) is 0 Å². The minimum Gasteiger partial charge on any atom is -0.456 e. The number of benzene rings is 4. The van der Waals surface area contributed by atoms with Crippen molar-refractivity contribution in [2.45, 2.75) is 71.8 Å². The third kappa shape index (κ3) is 5.37. The van der Waals surface area contributed by atoms with Crippen molar-refractivity contribution >= 4 is 23.0 Å². The van der Waals surface area contributed by atoms with Gasteiger partial charge in [0.05, 0.1) is 5.56 Å². The van der Waals surface area contributed by atoms with E-state index in [0.29, 0.717) is 11.3 Å². The third-order valence-electron chi connectivity index (χ3n) is 8.77. The summed E-state index contributed by atoms with van der Waals surface area (Å²) in [6, 6.07) is 26.7. The molecule has 0 aromatic heterocycles. The molecule has 0 fully saturated rings. The Labute approximate surface area is 255 Å². The van der Waals surface area contributed by atoms with Crippen molar-refractivity contribution in [3.05, 3.63) is 112 Å². The van der Waals surface area contributed by atoms with Crippen molar-refractivity contribution in [3.8, 4) is 11.5 Å². The number of ether oxygens (including phenoxy) is 2. The van der Waals surface area contributed by atoms with Crippen LogP contribution in [0.1, 0.15) is 90.5 Å². The van der Waals surface area contributed by atoms with Crippen molar-refractivity contribution in [1.82, 2.24) is 0 Å². The first-order valence-electron chi connectivity index (χ1n) is 15.8. The molecule has 1 N–H and O–H groups in total. The summed E-state index contributed by atoms with van der Waals surface area (Å²) in [5.41, 5.74) is 7.38. The van der Waals surface area contributed by atoms with Gasteiger partial charge in [0.15, 0.2) is 5.60 Å². The van der Waals surface area contributed by atoms with Gasteiger partial charge in [-0.05, 0) is 80.3 Å². The molecule has 1 unspecified atom stereocenters. The summed E-state index contributed by atoms with van der Waals surface area (Å²) in [4.78, 5) is 15.9. The van der Waals surface area contributed by atoms with Crippen LogP contribution in [-0.4, -0.2) is 19.1 Å². The highest BCUT2D eigenvalue weighted by molar-refractivity contribution is 5.97. The van der Waals surface area contributed by atoms with Gasteiger partial charge in [-0.1, -0.05) is 69.9 Å². The van der Waals surface area contributed by atoms with Gasteiger partial charge in [0.25, 0.3) is 0 Å². The summed E-state index contributed by atoms with van der Waals surface area (Å²) in [5, 5.41) is 3.60. The van der Waals surface area contributed by atoms with Crippen LogP contribution < -0.4 is 15.0 Å². The van der Waals surface area contributed by atoms with Gasteiger partial charge in [-0.25, -0.2) is 4.79 Å². The molecule has 5 nitrogen and oxygen atoms in total. The van der Waals surface area contributed by atoms with E-state index in [1.807, 2.05) is 30.3 Å². The molecule has 5 heteroatoms. The molecule has 0 saturated heterocycles. The van der Waals surface area contributed by atoms with E-state index in [-0.39, 0.29) is 5.97 Å². The number of nitrogens with one attached hydrogen (secondary N) is 1. The number of nitrogens with zero attached hydrogens (tertiary/aromatic N) is 1. The fourth-order valence-electron chi connectivity index (χ4n) is 6.49. The number of fused-ring (bicyclic) bond motifs is 6. The molecule has 0 bridgehead atoms. The summed E-state index contributed by atoms with van der Waals surface area (Å²) < 4.78 is 13.2. The monoisotopic (exact) mass is 574 g/mol. The Hall–Kier alpha value is -4.25. The van der Waals surface area contributed by atoms with Crippen LogP contribution in [0.2, 0.25) is 0 Å². The van der Waals surface area contributed by atoms with Crippen molar-refractivity contribution in [3.63, 3.8) is 0 Å². The highest BCUT2D eigenvalue weighted by Crippen LogP contribution is 2.57. The number of esters is 1. The van der Waals surface area contributed by atoms with Crippen molar-refractivity contribution < 1.29 is 14.3 Å². The Morgan fingerprint density at radius 2 is 1.49 bits per heavy atom. The fourth-order valence-corrected chi connectivity index (χ4v) is 6.49. The van der Waals surface area contributed by atoms with E-state index >= 15 is 0 Å². The van der Waals surface area contributed by atoms with Crippen LogP contribution in [0.4, 0.5) is 17.1 Å². The number of carbonyl (C=O) groups excluding carboxylic acids is 1. The second kappa shape index (κ2) is 12.2. The zero-order valence-electron chi connectivity index (χ0n) is 25.8. The minimum atomic E-state index is -1.10. The molecule has 0 amide bonds. The molecule has 43 heavy (non-hydrogen) atoms. The minimum absolute atomic E-state index is 0.312. The van der Waals surface area contributed by atoms with E-state index in [2.05, 4.69) is 86.4 Å². The lowest BCUT2D eigenvalue weighted by Crippen LogP contribution is -2.33. The van der Waals surface area contributed by atoms with E-state index in [0.717, 1.165) is 71.0 Å². The lowest BCUT2D eigenvalue weighted by atomic mass is 9.77. The number of anilines is 3. The maximum Gasteiger partial charge on any atom is 0.340 e. The van der Waals surface area contributed by atoms with Crippen LogP contribution in [0.25, 0.3) is 0 Å². The maximum absolute atomic E-state index is 13.4. The largest absolute Gasteiger partial charge is 0.456 e. The normalized spacial score (nSPS) is 16.2. The molecule has 222 valence electrons. The standard InChI is InChI=1S/C38H42N2O3/c1-5-7-11-20-40(21-12-8-6-2)29-18-19-32-36(24-29)42-35-23-27(4)34(39-28-15-13-14-26(3)22-28)25-33(35)38(32)31-17-10-9-16-30(31)37(41)43-38/h9-10,13-19,22-25,39H,5-8,11-12,20-21H2,1-4H3. The van der Waals surface area contributed by atoms with Crippen LogP contribution in [0.15, 0.2) is 78.9 Å². The lowest BCUT2D eigenvalue weighted by molar-refractivity contribution is 0.0224. The van der Waals surface area contributed by atoms with Crippen LogP contribution in [0, 0.1) is 13.8 Å². The fraction of sp³-hybridized carbons (Fsp3) is 0.342. The highest BCUT2D eigenvalue weighted by atomic mass is 16.6. The second-order valence-electron chi connectivity index (χ2n) is 12.0. The first kappa shape index (κ1) is 28.9. The van der Waals surface area contributed by atoms with Gasteiger partial charge in [-0.2, -0.15) is 0 Å². The molecule has 4 aromatic rings. The van der Waals surface area contributed by atoms with Crippen molar-refractivity contribution in [2.24, 2.45) is 0 Å². The second-order valence-corrected chi connectivity index (χ2v) is 12.0. The number of hydrogen-bond acceptors (Lipinski definition) is 5. The Morgan fingerprint density at radius 3 is 2.23 bits per heavy atom. The molecule has 2 heterocycles. The number of unbranched alkanes of at least 4 members (excludes halogenated alkanes) is 4. The number of rotatable bonds is 11. The van der Waals surface area contributed by atoms with Crippen LogP contribution >= 0.6 is 0 Å². The van der Waals surface area contributed by atoms with Gasteiger partial charge >= 0.3 is 5.97 Å². The topological polar surface area (TPSA) is 50.8 Å². The van der Waals surface area contributed by atoms with E-state index < -0.39 is 5.60 Å². The average molecular weight is 575 g/mol. The van der Waals surface area contributed by atoms with E-state index in [1.165, 1.54) is 31.2 Å². The van der Waals surface area contributed by atoms with Gasteiger partial charge in [0, 0.05) is 52.9 Å². The molecule has 1 atom stereocenters. The Morgan fingerprint density at radius 1 is 0.744 bits per heavy atom. The molecule has 4 aromatic carbocycles. The summed E-state index contributed by atoms with van der Waals surface area (Å²) in [6.45, 7) is 10.7.